The number of urea groups is 1. The SMILES string of the molecule is Cc1ccc(NC(=O)c2cccc(C(F)(F)F)c2)cc1N1Cc2cnc(Nc3ccc(CCN4CCNCC4)cc3)nc2N(C)C1=O. The van der Waals surface area contributed by atoms with Crippen LogP contribution in [0, 0.1) is 6.92 Å². The van der Waals surface area contributed by atoms with E-state index in [9.17, 15) is 22.8 Å². The molecule has 0 saturated carbocycles. The zero-order chi connectivity index (χ0) is 33.1. The minimum absolute atomic E-state index is 0.131. The lowest BCUT2D eigenvalue weighted by atomic mass is 10.1. The summed E-state index contributed by atoms with van der Waals surface area (Å²) in [4.78, 5) is 41.0. The first kappa shape index (κ1) is 32.0. The minimum atomic E-state index is -4.57. The third-order valence-electron chi connectivity index (χ3n) is 8.35. The number of hydrogen-bond acceptors (Lipinski definition) is 7. The highest BCUT2D eigenvalue weighted by Crippen LogP contribution is 2.34. The molecule has 0 aliphatic carbocycles. The molecule has 244 valence electrons. The van der Waals surface area contributed by atoms with E-state index in [4.69, 9.17) is 0 Å². The number of nitrogens with one attached hydrogen (secondary N) is 3. The molecule has 3 aromatic carbocycles. The minimum Gasteiger partial charge on any atom is -0.324 e. The number of hydrogen-bond donors (Lipinski definition) is 3. The monoisotopic (exact) mass is 644 g/mol. The van der Waals surface area contributed by atoms with Gasteiger partial charge in [0.2, 0.25) is 5.95 Å². The smallest absolute Gasteiger partial charge is 0.324 e. The molecule has 10 nitrogen and oxygen atoms in total. The molecular formula is C34H35F3N8O2. The maximum Gasteiger partial charge on any atom is 0.416 e. The Morgan fingerprint density at radius 2 is 1.74 bits per heavy atom. The van der Waals surface area contributed by atoms with E-state index in [-0.39, 0.29) is 18.1 Å². The fourth-order valence-electron chi connectivity index (χ4n) is 5.68. The fourth-order valence-corrected chi connectivity index (χ4v) is 5.68. The van der Waals surface area contributed by atoms with Gasteiger partial charge in [-0.25, -0.2) is 9.78 Å². The molecule has 47 heavy (non-hydrogen) atoms. The number of nitrogens with zero attached hydrogens (tertiary/aromatic N) is 5. The highest BCUT2D eigenvalue weighted by molar-refractivity contribution is 6.07. The lowest BCUT2D eigenvalue weighted by molar-refractivity contribution is -0.137. The summed E-state index contributed by atoms with van der Waals surface area (Å²) < 4.78 is 39.5. The number of rotatable bonds is 8. The Kier molecular flexibility index (Phi) is 9.10. The normalized spacial score (nSPS) is 15.4. The number of fused-ring (bicyclic) bond motifs is 1. The number of alkyl halides is 3. The van der Waals surface area contributed by atoms with Gasteiger partial charge in [-0.15, -0.1) is 0 Å². The molecule has 0 spiro atoms. The van der Waals surface area contributed by atoms with Crippen molar-refractivity contribution >= 4 is 40.8 Å². The van der Waals surface area contributed by atoms with E-state index in [1.165, 1.54) is 22.6 Å². The number of amides is 3. The zero-order valence-electron chi connectivity index (χ0n) is 26.1. The van der Waals surface area contributed by atoms with Crippen LogP contribution in [0.2, 0.25) is 0 Å². The maximum absolute atomic E-state index is 13.6. The van der Waals surface area contributed by atoms with Gasteiger partial charge in [0.1, 0.15) is 5.82 Å². The quantitative estimate of drug-likeness (QED) is 0.222. The molecule has 0 radical (unpaired) electrons. The molecular weight excluding hydrogens is 609 g/mol. The highest BCUT2D eigenvalue weighted by atomic mass is 19.4. The average Bonchev–Trinajstić information content (AvgIpc) is 3.07. The number of carbonyl (C=O) groups excluding carboxylic acids is 2. The van der Waals surface area contributed by atoms with Crippen LogP contribution < -0.4 is 25.8 Å². The molecule has 1 aromatic heterocycles. The molecule has 1 saturated heterocycles. The molecule has 0 unspecified atom stereocenters. The van der Waals surface area contributed by atoms with Crippen LogP contribution in [0.1, 0.15) is 32.6 Å². The second-order valence-corrected chi connectivity index (χ2v) is 11.7. The number of halogens is 3. The number of piperazine rings is 1. The summed E-state index contributed by atoms with van der Waals surface area (Å²) >= 11 is 0. The van der Waals surface area contributed by atoms with Gasteiger partial charge in [-0.2, -0.15) is 18.2 Å². The Bertz CT molecular complexity index is 1770. The average molecular weight is 645 g/mol. The number of anilines is 5. The van der Waals surface area contributed by atoms with Gasteiger partial charge in [-0.05, 0) is 66.9 Å². The van der Waals surface area contributed by atoms with Crippen molar-refractivity contribution < 1.29 is 22.8 Å². The second kappa shape index (κ2) is 13.4. The van der Waals surface area contributed by atoms with Crippen LogP contribution in [0.3, 0.4) is 0 Å². The molecule has 13 heteroatoms. The summed E-state index contributed by atoms with van der Waals surface area (Å²) in [6, 6.07) is 17.1. The van der Waals surface area contributed by atoms with Crippen LogP contribution in [0.4, 0.5) is 46.8 Å². The van der Waals surface area contributed by atoms with Crippen LogP contribution >= 0.6 is 0 Å². The molecule has 3 heterocycles. The maximum atomic E-state index is 13.6. The van der Waals surface area contributed by atoms with Gasteiger partial charge < -0.3 is 20.9 Å². The summed E-state index contributed by atoms with van der Waals surface area (Å²) in [7, 11) is 1.63. The zero-order valence-corrected chi connectivity index (χ0v) is 26.1. The summed E-state index contributed by atoms with van der Waals surface area (Å²) in [6.45, 7) is 7.25. The molecule has 4 aromatic rings. The van der Waals surface area contributed by atoms with Crippen molar-refractivity contribution in [1.82, 2.24) is 20.2 Å². The molecule has 2 aliphatic heterocycles. The van der Waals surface area contributed by atoms with Crippen molar-refractivity contribution in [2.75, 3.05) is 60.2 Å². The lowest BCUT2D eigenvalue weighted by Gasteiger charge is -2.35. The topological polar surface area (TPSA) is 106 Å². The van der Waals surface area contributed by atoms with Gasteiger partial charge in [0.25, 0.3) is 5.91 Å². The van der Waals surface area contributed by atoms with Crippen LogP contribution in [0.25, 0.3) is 0 Å². The van der Waals surface area contributed by atoms with E-state index >= 15 is 0 Å². The van der Waals surface area contributed by atoms with Crippen molar-refractivity contribution in [2.45, 2.75) is 26.1 Å². The molecule has 3 amide bonds. The molecule has 2 aliphatic rings. The van der Waals surface area contributed by atoms with Crippen molar-refractivity contribution in [1.29, 1.82) is 0 Å². The largest absolute Gasteiger partial charge is 0.416 e. The molecule has 0 atom stereocenters. The first-order chi connectivity index (χ1) is 22.5. The van der Waals surface area contributed by atoms with Crippen molar-refractivity contribution in [3.8, 4) is 0 Å². The van der Waals surface area contributed by atoms with E-state index < -0.39 is 17.6 Å². The van der Waals surface area contributed by atoms with Crippen molar-refractivity contribution in [3.63, 3.8) is 0 Å². The van der Waals surface area contributed by atoms with E-state index in [0.29, 0.717) is 23.1 Å². The predicted octanol–water partition coefficient (Wildman–Crippen LogP) is 5.82. The summed E-state index contributed by atoms with van der Waals surface area (Å²) in [5.41, 5.74) is 3.40. The van der Waals surface area contributed by atoms with Crippen LogP contribution in [-0.4, -0.2) is 66.6 Å². The number of aromatic nitrogens is 2. The molecule has 1 fully saturated rings. The Hall–Kier alpha value is -5.01. The van der Waals surface area contributed by atoms with E-state index in [1.54, 1.807) is 36.3 Å². The van der Waals surface area contributed by atoms with Gasteiger partial charge in [0, 0.05) is 68.5 Å². The van der Waals surface area contributed by atoms with Gasteiger partial charge in [-0.3, -0.25) is 14.6 Å². The first-order valence-electron chi connectivity index (χ1n) is 15.3. The third kappa shape index (κ3) is 7.36. The Morgan fingerprint density at radius 3 is 2.49 bits per heavy atom. The fraction of sp³-hybridized carbons (Fsp3) is 0.294. The summed E-state index contributed by atoms with van der Waals surface area (Å²) in [6.07, 6.45) is -1.91. The second-order valence-electron chi connectivity index (χ2n) is 11.7. The highest BCUT2D eigenvalue weighted by Gasteiger charge is 2.32. The van der Waals surface area contributed by atoms with E-state index in [1.807, 2.05) is 19.1 Å². The van der Waals surface area contributed by atoms with E-state index in [0.717, 1.165) is 68.1 Å². The number of benzene rings is 3. The van der Waals surface area contributed by atoms with Gasteiger partial charge in [-0.1, -0.05) is 24.3 Å². The molecule has 3 N–H and O–H groups in total. The predicted molar refractivity (Wildman–Crippen MR) is 175 cm³/mol. The Morgan fingerprint density at radius 1 is 1.00 bits per heavy atom. The first-order valence-corrected chi connectivity index (χ1v) is 15.3. The van der Waals surface area contributed by atoms with Crippen LogP contribution in [0.15, 0.2) is 72.9 Å². The number of aryl methyl sites for hydroxylation is 1. The van der Waals surface area contributed by atoms with Crippen molar-refractivity contribution in [3.05, 3.63) is 101 Å². The Labute approximate surface area is 270 Å². The van der Waals surface area contributed by atoms with Gasteiger partial charge in [0.15, 0.2) is 0 Å². The standard InChI is InChI=1S/C34H35F3N8O2/c1-22-6-9-28(40-31(46)24-4-3-5-26(18-24)34(35,36)37)19-29(22)45-21-25-20-39-32(42-30(25)43(2)33(45)47)41-27-10-7-23(8-11-27)12-15-44-16-13-38-14-17-44/h3-11,18-20,38H,12-17,21H2,1-2H3,(H,40,46)(H,39,41,42). The third-order valence-corrected chi connectivity index (χ3v) is 8.35. The molecule has 0 bridgehead atoms. The number of carbonyl (C=O) groups is 2. The molecule has 6 rings (SSSR count). The lowest BCUT2D eigenvalue weighted by Crippen LogP contribution is -2.46. The Balaban J connectivity index is 1.13. The van der Waals surface area contributed by atoms with Gasteiger partial charge in [0.05, 0.1) is 17.8 Å². The summed E-state index contributed by atoms with van der Waals surface area (Å²) in [5, 5.41) is 9.25. The van der Waals surface area contributed by atoms with E-state index in [2.05, 4.69) is 43.0 Å². The van der Waals surface area contributed by atoms with Crippen LogP contribution in [0.5, 0.6) is 0 Å². The van der Waals surface area contributed by atoms with Gasteiger partial charge >= 0.3 is 12.2 Å². The van der Waals surface area contributed by atoms with Crippen molar-refractivity contribution in [2.24, 2.45) is 0 Å². The van der Waals surface area contributed by atoms with Crippen LogP contribution in [-0.2, 0) is 19.1 Å². The summed E-state index contributed by atoms with van der Waals surface area (Å²) in [5.74, 6) is 0.139.